The Bertz CT molecular complexity index is 314. The van der Waals surface area contributed by atoms with Crippen LogP contribution in [-0.2, 0) is 0 Å². The Morgan fingerprint density at radius 2 is 2.00 bits per heavy atom. The molecular formula is C10H13BrO3. The van der Waals surface area contributed by atoms with Crippen molar-refractivity contribution < 1.29 is 15.3 Å². The van der Waals surface area contributed by atoms with Crippen molar-refractivity contribution in [3.63, 3.8) is 0 Å². The maximum absolute atomic E-state index is 9.70. The molecule has 0 aromatic heterocycles. The first-order valence-corrected chi connectivity index (χ1v) is 5.40. The molecule has 3 N–H and O–H groups in total. The maximum Gasteiger partial charge on any atom is 0.115 e. The van der Waals surface area contributed by atoms with Crippen LogP contribution in [-0.4, -0.2) is 26.8 Å². The molecule has 0 bridgehead atoms. The van der Waals surface area contributed by atoms with Gasteiger partial charge in [0.1, 0.15) is 11.9 Å². The SMILES string of the molecule is Cc1cc(O)ccc1C(O)C(O)CBr. The summed E-state index contributed by atoms with van der Waals surface area (Å²) >= 11 is 3.09. The minimum absolute atomic E-state index is 0.159. The quantitative estimate of drug-likeness (QED) is 0.722. The molecule has 3 nitrogen and oxygen atoms in total. The van der Waals surface area contributed by atoms with Gasteiger partial charge in [0.25, 0.3) is 0 Å². The molecule has 78 valence electrons. The third-order valence-electron chi connectivity index (χ3n) is 2.09. The van der Waals surface area contributed by atoms with Crippen molar-refractivity contribution in [1.29, 1.82) is 0 Å². The van der Waals surface area contributed by atoms with E-state index in [0.717, 1.165) is 5.56 Å². The van der Waals surface area contributed by atoms with Crippen LogP contribution in [0.2, 0.25) is 0 Å². The van der Waals surface area contributed by atoms with E-state index in [1.807, 2.05) is 0 Å². The summed E-state index contributed by atoms with van der Waals surface area (Å²) in [5, 5.41) is 28.6. The summed E-state index contributed by atoms with van der Waals surface area (Å²) in [5.74, 6) is 0.159. The average molecular weight is 261 g/mol. The highest BCUT2D eigenvalue weighted by molar-refractivity contribution is 9.09. The highest BCUT2D eigenvalue weighted by Crippen LogP contribution is 2.24. The first-order chi connectivity index (χ1) is 6.56. The summed E-state index contributed by atoms with van der Waals surface area (Å²) in [6.45, 7) is 1.78. The molecule has 2 atom stereocenters. The number of benzene rings is 1. The lowest BCUT2D eigenvalue weighted by atomic mass is 10.00. The summed E-state index contributed by atoms with van der Waals surface area (Å²) in [6.07, 6.45) is -1.76. The Kier molecular flexibility index (Phi) is 3.92. The summed E-state index contributed by atoms with van der Waals surface area (Å²) in [5.41, 5.74) is 1.40. The van der Waals surface area contributed by atoms with E-state index in [1.165, 1.54) is 6.07 Å². The molecule has 2 unspecified atom stereocenters. The molecule has 4 heteroatoms. The van der Waals surface area contributed by atoms with Gasteiger partial charge in [-0.1, -0.05) is 22.0 Å². The van der Waals surface area contributed by atoms with Gasteiger partial charge in [-0.05, 0) is 30.2 Å². The summed E-state index contributed by atoms with van der Waals surface area (Å²) in [6, 6.07) is 4.66. The molecule has 1 rings (SSSR count). The van der Waals surface area contributed by atoms with Gasteiger partial charge >= 0.3 is 0 Å². The van der Waals surface area contributed by atoms with Crippen molar-refractivity contribution in [3.05, 3.63) is 29.3 Å². The summed E-state index contributed by atoms with van der Waals surface area (Å²) in [4.78, 5) is 0. The zero-order chi connectivity index (χ0) is 10.7. The fourth-order valence-corrected chi connectivity index (χ4v) is 1.64. The monoisotopic (exact) mass is 260 g/mol. The van der Waals surface area contributed by atoms with Crippen LogP contribution >= 0.6 is 15.9 Å². The summed E-state index contributed by atoms with van der Waals surface area (Å²) in [7, 11) is 0. The number of phenolic OH excluding ortho intramolecular Hbond substituents is 1. The summed E-state index contributed by atoms with van der Waals surface area (Å²) < 4.78 is 0. The number of aromatic hydroxyl groups is 1. The van der Waals surface area contributed by atoms with Gasteiger partial charge in [-0.15, -0.1) is 0 Å². The predicted molar refractivity (Wildman–Crippen MR) is 57.6 cm³/mol. The normalized spacial score (nSPS) is 15.1. The van der Waals surface area contributed by atoms with Gasteiger partial charge in [0, 0.05) is 5.33 Å². The van der Waals surface area contributed by atoms with Gasteiger partial charge in [0.15, 0.2) is 0 Å². The van der Waals surface area contributed by atoms with Gasteiger partial charge in [0.2, 0.25) is 0 Å². The van der Waals surface area contributed by atoms with E-state index in [2.05, 4.69) is 15.9 Å². The van der Waals surface area contributed by atoms with Crippen molar-refractivity contribution in [2.75, 3.05) is 5.33 Å². The fraction of sp³-hybridized carbons (Fsp3) is 0.400. The van der Waals surface area contributed by atoms with Crippen LogP contribution in [0.25, 0.3) is 0 Å². The first-order valence-electron chi connectivity index (χ1n) is 4.28. The van der Waals surface area contributed by atoms with Gasteiger partial charge in [0.05, 0.1) is 6.10 Å². The van der Waals surface area contributed by atoms with E-state index in [0.29, 0.717) is 10.9 Å². The zero-order valence-electron chi connectivity index (χ0n) is 7.81. The van der Waals surface area contributed by atoms with Crippen LogP contribution in [0.15, 0.2) is 18.2 Å². The number of hydrogen-bond donors (Lipinski definition) is 3. The van der Waals surface area contributed by atoms with E-state index in [-0.39, 0.29) is 5.75 Å². The Balaban J connectivity index is 2.95. The number of phenols is 1. The number of hydrogen-bond acceptors (Lipinski definition) is 3. The average Bonchev–Trinajstić information content (AvgIpc) is 2.15. The minimum Gasteiger partial charge on any atom is -0.508 e. The van der Waals surface area contributed by atoms with Crippen LogP contribution in [0.5, 0.6) is 5.75 Å². The lowest BCUT2D eigenvalue weighted by Gasteiger charge is -2.17. The number of aliphatic hydroxyl groups excluding tert-OH is 2. The number of alkyl halides is 1. The smallest absolute Gasteiger partial charge is 0.115 e. The maximum atomic E-state index is 9.70. The van der Waals surface area contributed by atoms with E-state index >= 15 is 0 Å². The molecule has 1 aromatic rings. The molecule has 0 saturated heterocycles. The number of rotatable bonds is 3. The van der Waals surface area contributed by atoms with Crippen molar-refractivity contribution in [2.45, 2.75) is 19.1 Å². The molecule has 0 aliphatic carbocycles. The molecule has 0 heterocycles. The van der Waals surface area contributed by atoms with Crippen LogP contribution in [0.1, 0.15) is 17.2 Å². The molecule has 14 heavy (non-hydrogen) atoms. The van der Waals surface area contributed by atoms with E-state index in [9.17, 15) is 10.2 Å². The Labute approximate surface area is 91.1 Å². The third kappa shape index (κ3) is 2.47. The molecule has 0 fully saturated rings. The lowest BCUT2D eigenvalue weighted by Crippen LogP contribution is -2.20. The second kappa shape index (κ2) is 4.77. The van der Waals surface area contributed by atoms with Crippen molar-refractivity contribution in [3.8, 4) is 5.75 Å². The highest BCUT2D eigenvalue weighted by Gasteiger charge is 2.18. The minimum atomic E-state index is -0.921. The predicted octanol–water partition coefficient (Wildman–Crippen LogP) is 1.49. The van der Waals surface area contributed by atoms with Crippen LogP contribution in [0, 0.1) is 6.92 Å². The van der Waals surface area contributed by atoms with Crippen LogP contribution in [0.4, 0.5) is 0 Å². The fourth-order valence-electron chi connectivity index (χ4n) is 1.28. The standard InChI is InChI=1S/C10H13BrO3/c1-6-4-7(12)2-3-8(6)10(14)9(13)5-11/h2-4,9-10,12-14H,5H2,1H3. The molecule has 0 saturated carbocycles. The van der Waals surface area contributed by atoms with Crippen LogP contribution < -0.4 is 0 Å². The molecule has 0 spiro atoms. The Morgan fingerprint density at radius 3 is 2.50 bits per heavy atom. The second-order valence-corrected chi connectivity index (χ2v) is 3.85. The van der Waals surface area contributed by atoms with Gasteiger partial charge < -0.3 is 15.3 Å². The molecule has 0 aliphatic rings. The lowest BCUT2D eigenvalue weighted by molar-refractivity contribution is 0.0338. The zero-order valence-corrected chi connectivity index (χ0v) is 9.40. The number of halogens is 1. The Hall–Kier alpha value is -0.580. The van der Waals surface area contributed by atoms with Crippen molar-refractivity contribution >= 4 is 15.9 Å². The van der Waals surface area contributed by atoms with Gasteiger partial charge in [-0.2, -0.15) is 0 Å². The van der Waals surface area contributed by atoms with Gasteiger partial charge in [-0.25, -0.2) is 0 Å². The molecule has 0 radical (unpaired) electrons. The molecule has 0 amide bonds. The highest BCUT2D eigenvalue weighted by atomic mass is 79.9. The number of aliphatic hydroxyl groups is 2. The number of aryl methyl sites for hydroxylation is 1. The van der Waals surface area contributed by atoms with E-state index < -0.39 is 12.2 Å². The van der Waals surface area contributed by atoms with Crippen LogP contribution in [0.3, 0.4) is 0 Å². The molecule has 1 aromatic carbocycles. The van der Waals surface area contributed by atoms with Crippen molar-refractivity contribution in [2.24, 2.45) is 0 Å². The largest absolute Gasteiger partial charge is 0.508 e. The Morgan fingerprint density at radius 1 is 1.36 bits per heavy atom. The topological polar surface area (TPSA) is 60.7 Å². The van der Waals surface area contributed by atoms with E-state index in [1.54, 1.807) is 19.1 Å². The van der Waals surface area contributed by atoms with Gasteiger partial charge in [-0.3, -0.25) is 0 Å². The molecule has 0 aliphatic heterocycles. The third-order valence-corrected chi connectivity index (χ3v) is 2.76. The molecular weight excluding hydrogens is 248 g/mol. The first kappa shape index (κ1) is 11.5. The second-order valence-electron chi connectivity index (χ2n) is 3.21. The van der Waals surface area contributed by atoms with Crippen molar-refractivity contribution in [1.82, 2.24) is 0 Å². The van der Waals surface area contributed by atoms with E-state index in [4.69, 9.17) is 5.11 Å².